The van der Waals surface area contributed by atoms with Gasteiger partial charge in [0, 0.05) is 0 Å². The Balaban J connectivity index is 1.76. The summed E-state index contributed by atoms with van der Waals surface area (Å²) in [5.41, 5.74) is 4.69. The van der Waals surface area contributed by atoms with Gasteiger partial charge in [0.15, 0.2) is 11.5 Å². The normalized spacial score (nSPS) is 12.9. The molecule has 0 aliphatic rings. The number of hydrogen-bond donors (Lipinski definition) is 2. The zero-order valence-electron chi connectivity index (χ0n) is 23.2. The van der Waals surface area contributed by atoms with Gasteiger partial charge in [0.1, 0.15) is 10.9 Å². The van der Waals surface area contributed by atoms with Crippen molar-refractivity contribution in [1.82, 2.24) is 10.1 Å². The summed E-state index contributed by atoms with van der Waals surface area (Å²) < 4.78 is 65.0. The molecule has 220 valence electrons. The van der Waals surface area contributed by atoms with Crippen LogP contribution < -0.4 is 19.1 Å². The van der Waals surface area contributed by atoms with Crippen molar-refractivity contribution in [3.63, 3.8) is 0 Å². The maximum Gasteiger partial charge on any atom is 0.339 e. The Morgan fingerprint density at radius 1 is 0.951 bits per heavy atom. The fourth-order valence-electron chi connectivity index (χ4n) is 3.66. The first-order valence-electron chi connectivity index (χ1n) is 12.5. The lowest BCUT2D eigenvalue weighted by Crippen LogP contribution is -2.46. The number of benzene rings is 3. The van der Waals surface area contributed by atoms with Crippen LogP contribution in [0, 0.1) is 23.3 Å². The van der Waals surface area contributed by atoms with Crippen LogP contribution >= 0.6 is 22.6 Å². The fourth-order valence-corrected chi connectivity index (χ4v) is 6.71. The highest BCUT2D eigenvalue weighted by Gasteiger charge is 2.27. The van der Waals surface area contributed by atoms with Crippen LogP contribution in [-0.2, 0) is 24.9 Å². The Bertz CT molecular complexity index is 1620. The zero-order valence-corrected chi connectivity index (χ0v) is 27.0. The second-order valence-electron chi connectivity index (χ2n) is 9.74. The predicted octanol–water partition coefficient (Wildman–Crippen LogP) is 4.53. The number of hydrazone groups is 1. The van der Waals surface area contributed by atoms with E-state index in [2.05, 4.69) is 15.2 Å². The Kier molecular flexibility index (Phi) is 10.9. The molecule has 0 aliphatic heterocycles. The van der Waals surface area contributed by atoms with Gasteiger partial charge in [0.25, 0.3) is 5.91 Å². The van der Waals surface area contributed by atoms with Crippen LogP contribution in [0.4, 0.5) is 0 Å². The van der Waals surface area contributed by atoms with Crippen molar-refractivity contribution in [2.24, 2.45) is 11.0 Å². The number of nitrogens with one attached hydrogen (secondary N) is 2. The molecule has 0 fully saturated rings. The van der Waals surface area contributed by atoms with Crippen LogP contribution in [0.15, 0.2) is 75.6 Å². The highest BCUT2D eigenvalue weighted by atomic mass is 127. The van der Waals surface area contributed by atoms with Gasteiger partial charge >= 0.3 is 10.1 Å². The molecule has 0 aromatic heterocycles. The van der Waals surface area contributed by atoms with Crippen LogP contribution in [0.25, 0.3) is 0 Å². The van der Waals surface area contributed by atoms with Crippen molar-refractivity contribution in [2.75, 3.05) is 7.11 Å². The summed E-state index contributed by atoms with van der Waals surface area (Å²) in [6, 6.07) is 14.6. The molecule has 3 rings (SSSR count). The minimum Gasteiger partial charge on any atom is -0.493 e. The van der Waals surface area contributed by atoms with Gasteiger partial charge in [-0.3, -0.25) is 4.79 Å². The molecule has 3 aromatic carbocycles. The number of hydrogen-bond acceptors (Lipinski definition) is 8. The Hall–Kier alpha value is -3.01. The van der Waals surface area contributed by atoms with E-state index in [9.17, 15) is 21.6 Å². The third-order valence-corrected chi connectivity index (χ3v) is 9.32. The van der Waals surface area contributed by atoms with E-state index >= 15 is 0 Å². The summed E-state index contributed by atoms with van der Waals surface area (Å²) in [5.74, 6) is -0.456. The second kappa shape index (κ2) is 13.8. The largest absolute Gasteiger partial charge is 0.493 e. The minimum absolute atomic E-state index is 0.00302. The van der Waals surface area contributed by atoms with E-state index < -0.39 is 32.1 Å². The van der Waals surface area contributed by atoms with Gasteiger partial charge in [0.2, 0.25) is 10.0 Å². The van der Waals surface area contributed by atoms with E-state index in [0.29, 0.717) is 9.13 Å². The van der Waals surface area contributed by atoms with E-state index in [1.807, 2.05) is 50.3 Å². The number of aryl methyl sites for hydroxylation is 2. The van der Waals surface area contributed by atoms with E-state index in [0.717, 1.165) is 11.1 Å². The second-order valence-corrected chi connectivity index (χ2v) is 14.2. The van der Waals surface area contributed by atoms with Crippen molar-refractivity contribution in [3.8, 4) is 11.5 Å². The fraction of sp³-hybridized carbons (Fsp3) is 0.286. The molecule has 41 heavy (non-hydrogen) atoms. The molecule has 0 bridgehead atoms. The quantitative estimate of drug-likeness (QED) is 0.122. The molecule has 3 aromatic rings. The van der Waals surface area contributed by atoms with Crippen LogP contribution in [0.1, 0.15) is 37.0 Å². The van der Waals surface area contributed by atoms with Gasteiger partial charge in [-0.05, 0) is 90.7 Å². The first-order chi connectivity index (χ1) is 19.2. The molecule has 0 spiro atoms. The average molecular weight is 714 g/mol. The van der Waals surface area contributed by atoms with E-state index in [-0.39, 0.29) is 33.6 Å². The number of carbonyl (C=O) groups excluding carboxylic acids is 1. The third-order valence-electron chi connectivity index (χ3n) is 5.80. The molecule has 10 nitrogen and oxygen atoms in total. The molecular weight excluding hydrogens is 681 g/mol. The first kappa shape index (κ1) is 32.5. The zero-order chi connectivity index (χ0) is 30.4. The number of amides is 1. The van der Waals surface area contributed by atoms with Gasteiger partial charge in [0.05, 0.1) is 21.8 Å². The lowest BCUT2D eigenvalue weighted by Gasteiger charge is -2.19. The van der Waals surface area contributed by atoms with Crippen LogP contribution in [0.3, 0.4) is 0 Å². The molecule has 0 aliphatic carbocycles. The standard InChI is InChI=1S/C28H32IN3O7S2/c1-18(2)14-25(32-40(34,35)22-10-6-19(3)7-11-22)28(33)31-30-17-21-15-24(29)27(26(16-21)38-5)39-41(36,37)23-12-8-20(4)9-13-23/h6-13,15-18,25,32H,14H2,1-5H3,(H,31,33)/b30-17-/t25-/m0/s1. The van der Waals surface area contributed by atoms with E-state index in [1.165, 1.54) is 43.7 Å². The smallest absolute Gasteiger partial charge is 0.339 e. The van der Waals surface area contributed by atoms with Crippen LogP contribution in [-0.4, -0.2) is 42.1 Å². The van der Waals surface area contributed by atoms with Gasteiger partial charge in [-0.25, -0.2) is 13.8 Å². The molecular formula is C28H32IN3O7S2. The van der Waals surface area contributed by atoms with Gasteiger partial charge in [-0.15, -0.1) is 0 Å². The third kappa shape index (κ3) is 8.99. The molecule has 0 unspecified atom stereocenters. The predicted molar refractivity (Wildman–Crippen MR) is 165 cm³/mol. The van der Waals surface area contributed by atoms with Crippen LogP contribution in [0.5, 0.6) is 11.5 Å². The molecule has 0 saturated carbocycles. The summed E-state index contributed by atoms with van der Waals surface area (Å²) >= 11 is 1.92. The lowest BCUT2D eigenvalue weighted by molar-refractivity contribution is -0.123. The topological polar surface area (TPSA) is 140 Å². The van der Waals surface area contributed by atoms with Gasteiger partial charge in [-0.1, -0.05) is 49.2 Å². The molecule has 1 amide bonds. The van der Waals surface area contributed by atoms with Crippen molar-refractivity contribution in [2.45, 2.75) is 49.9 Å². The number of ether oxygens (including phenoxy) is 1. The van der Waals surface area contributed by atoms with Crippen LogP contribution in [0.2, 0.25) is 0 Å². The van der Waals surface area contributed by atoms with Crippen molar-refractivity contribution >= 4 is 54.9 Å². The Labute approximate surface area is 254 Å². The van der Waals surface area contributed by atoms with Gasteiger partial charge < -0.3 is 8.92 Å². The number of methoxy groups -OCH3 is 1. The first-order valence-corrected chi connectivity index (χ1v) is 16.5. The highest BCUT2D eigenvalue weighted by molar-refractivity contribution is 14.1. The maximum atomic E-state index is 12.9. The molecule has 0 radical (unpaired) electrons. The van der Waals surface area contributed by atoms with E-state index in [1.54, 1.807) is 30.3 Å². The monoisotopic (exact) mass is 713 g/mol. The molecule has 2 N–H and O–H groups in total. The average Bonchev–Trinajstić information content (AvgIpc) is 2.89. The maximum absolute atomic E-state index is 12.9. The summed E-state index contributed by atoms with van der Waals surface area (Å²) in [6.07, 6.45) is 1.58. The number of sulfonamides is 1. The summed E-state index contributed by atoms with van der Waals surface area (Å²) in [7, 11) is -6.69. The van der Waals surface area contributed by atoms with Crippen molar-refractivity contribution < 1.29 is 30.6 Å². The Morgan fingerprint density at radius 3 is 2.05 bits per heavy atom. The Morgan fingerprint density at radius 2 is 1.51 bits per heavy atom. The van der Waals surface area contributed by atoms with E-state index in [4.69, 9.17) is 8.92 Å². The molecule has 1 atom stereocenters. The molecule has 13 heteroatoms. The summed E-state index contributed by atoms with van der Waals surface area (Å²) in [5, 5.41) is 3.98. The number of rotatable bonds is 12. The highest BCUT2D eigenvalue weighted by Crippen LogP contribution is 2.35. The number of halogens is 1. The summed E-state index contributed by atoms with van der Waals surface area (Å²) in [6.45, 7) is 7.45. The molecule has 0 saturated heterocycles. The van der Waals surface area contributed by atoms with Crippen molar-refractivity contribution in [1.29, 1.82) is 0 Å². The molecule has 0 heterocycles. The number of carbonyl (C=O) groups is 1. The van der Waals surface area contributed by atoms with Crippen molar-refractivity contribution in [3.05, 3.63) is 80.9 Å². The minimum atomic E-state index is -4.11. The lowest BCUT2D eigenvalue weighted by atomic mass is 10.0. The van der Waals surface area contributed by atoms with Gasteiger partial charge in [-0.2, -0.15) is 18.2 Å². The number of nitrogens with zero attached hydrogens (tertiary/aromatic N) is 1. The SMILES string of the molecule is COc1cc(/C=N\NC(=O)[C@H](CC(C)C)NS(=O)(=O)c2ccc(C)cc2)cc(I)c1OS(=O)(=O)c1ccc(C)cc1. The summed E-state index contributed by atoms with van der Waals surface area (Å²) in [4.78, 5) is 13.0.